The van der Waals surface area contributed by atoms with E-state index in [1.165, 1.54) is 5.48 Å². The Hall–Kier alpha value is -1.71. The third-order valence-corrected chi connectivity index (χ3v) is 3.11. The maximum atomic E-state index is 12.1. The lowest BCUT2D eigenvalue weighted by atomic mass is 9.93. The molecule has 0 aromatic rings. The summed E-state index contributed by atoms with van der Waals surface area (Å²) in [4.78, 5) is 35.0. The Balaban J connectivity index is 4.07. The maximum absolute atomic E-state index is 12.1. The minimum Gasteiger partial charge on any atom is -0.382 e. The predicted molar refractivity (Wildman–Crippen MR) is 86.2 cm³/mol. The molecule has 0 saturated carbocycles. The molecule has 9 nitrogen and oxygen atoms in total. The fraction of sp³-hybridized carbons (Fsp3) is 0.800. The van der Waals surface area contributed by atoms with Gasteiger partial charge >= 0.3 is 0 Å². The van der Waals surface area contributed by atoms with E-state index in [0.717, 1.165) is 0 Å². The van der Waals surface area contributed by atoms with Crippen molar-refractivity contribution in [1.82, 2.24) is 16.1 Å². The van der Waals surface area contributed by atoms with Crippen LogP contribution in [0.2, 0.25) is 0 Å². The molecular formula is C15H29N3O6. The van der Waals surface area contributed by atoms with Crippen LogP contribution in [0, 0.1) is 11.8 Å². The zero-order chi connectivity index (χ0) is 18.4. The van der Waals surface area contributed by atoms with Crippen molar-refractivity contribution >= 4 is 17.7 Å². The first-order valence-electron chi connectivity index (χ1n) is 7.94. The van der Waals surface area contributed by atoms with Crippen LogP contribution in [-0.4, -0.2) is 62.9 Å². The van der Waals surface area contributed by atoms with Crippen LogP contribution in [0.15, 0.2) is 0 Å². The number of methoxy groups -OCH3 is 1. The minimum absolute atomic E-state index is 0.129. The standard InChI is InChI=1S/C15H29N3O6/c1-11(2)8-12(9-13(19)18-22)15(21)17-10-14(20)16-4-5-24-7-6-23-3/h11-12,22H,4-10H2,1-3H3,(H,16,20)(H,17,21)(H,18,19)/t12-/m1/s1. The lowest BCUT2D eigenvalue weighted by Gasteiger charge is -2.17. The number of nitrogens with one attached hydrogen (secondary N) is 3. The van der Waals surface area contributed by atoms with Crippen molar-refractivity contribution in [3.05, 3.63) is 0 Å². The summed E-state index contributed by atoms with van der Waals surface area (Å²) in [5, 5.41) is 13.7. The monoisotopic (exact) mass is 347 g/mol. The van der Waals surface area contributed by atoms with Crippen LogP contribution in [0.4, 0.5) is 0 Å². The number of carbonyl (C=O) groups is 3. The highest BCUT2D eigenvalue weighted by molar-refractivity contribution is 5.88. The third-order valence-electron chi connectivity index (χ3n) is 3.11. The van der Waals surface area contributed by atoms with Gasteiger partial charge in [-0.1, -0.05) is 13.8 Å². The summed E-state index contributed by atoms with van der Waals surface area (Å²) in [6.07, 6.45) is 0.351. The zero-order valence-electron chi connectivity index (χ0n) is 14.6. The van der Waals surface area contributed by atoms with Crippen molar-refractivity contribution in [2.75, 3.05) is 40.0 Å². The van der Waals surface area contributed by atoms with E-state index in [0.29, 0.717) is 32.8 Å². The van der Waals surface area contributed by atoms with E-state index in [1.807, 2.05) is 13.8 Å². The molecule has 3 amide bonds. The molecule has 0 fully saturated rings. The van der Waals surface area contributed by atoms with Crippen molar-refractivity contribution in [3.8, 4) is 0 Å². The number of carbonyl (C=O) groups excluding carboxylic acids is 3. The number of hydrogen-bond acceptors (Lipinski definition) is 6. The Labute approximate surface area is 142 Å². The van der Waals surface area contributed by atoms with Gasteiger partial charge < -0.3 is 20.1 Å². The van der Waals surface area contributed by atoms with Crippen LogP contribution >= 0.6 is 0 Å². The van der Waals surface area contributed by atoms with Gasteiger partial charge in [0, 0.05) is 26.0 Å². The van der Waals surface area contributed by atoms with E-state index in [2.05, 4.69) is 10.6 Å². The highest BCUT2D eigenvalue weighted by Crippen LogP contribution is 2.15. The number of rotatable bonds is 13. The molecule has 0 aliphatic rings. The van der Waals surface area contributed by atoms with Gasteiger partial charge in [0.1, 0.15) is 0 Å². The molecule has 0 aliphatic heterocycles. The molecule has 0 radical (unpaired) electrons. The van der Waals surface area contributed by atoms with Crippen LogP contribution in [0.25, 0.3) is 0 Å². The van der Waals surface area contributed by atoms with Gasteiger partial charge in [0.2, 0.25) is 17.7 Å². The molecule has 0 aromatic heterocycles. The van der Waals surface area contributed by atoms with Crippen molar-refractivity contribution < 1.29 is 29.1 Å². The molecule has 1 atom stereocenters. The molecule has 24 heavy (non-hydrogen) atoms. The van der Waals surface area contributed by atoms with Gasteiger partial charge in [0.05, 0.1) is 26.4 Å². The Bertz CT molecular complexity index is 389. The largest absolute Gasteiger partial charge is 0.382 e. The Kier molecular flexibility index (Phi) is 12.7. The molecule has 0 heterocycles. The highest BCUT2D eigenvalue weighted by Gasteiger charge is 2.23. The zero-order valence-corrected chi connectivity index (χ0v) is 14.6. The topological polar surface area (TPSA) is 126 Å². The van der Waals surface area contributed by atoms with E-state index >= 15 is 0 Å². The SMILES string of the molecule is COCCOCCNC(=O)CNC(=O)[C@@H](CC(=O)NO)CC(C)C. The quantitative estimate of drug-likeness (QED) is 0.201. The van der Waals surface area contributed by atoms with Gasteiger partial charge in [-0.25, -0.2) is 5.48 Å². The molecule has 140 valence electrons. The minimum atomic E-state index is -0.631. The molecule has 9 heteroatoms. The lowest BCUT2D eigenvalue weighted by Crippen LogP contribution is -2.41. The van der Waals surface area contributed by atoms with Gasteiger partial charge in [0.25, 0.3) is 0 Å². The van der Waals surface area contributed by atoms with Crippen LogP contribution in [-0.2, 0) is 23.9 Å². The van der Waals surface area contributed by atoms with Crippen LogP contribution in [0.5, 0.6) is 0 Å². The molecule has 0 aromatic carbocycles. The van der Waals surface area contributed by atoms with Crippen LogP contribution in [0.1, 0.15) is 26.7 Å². The highest BCUT2D eigenvalue weighted by atomic mass is 16.5. The van der Waals surface area contributed by atoms with Gasteiger partial charge in [-0.2, -0.15) is 0 Å². The first-order chi connectivity index (χ1) is 11.4. The Morgan fingerprint density at radius 2 is 1.75 bits per heavy atom. The average Bonchev–Trinajstić information content (AvgIpc) is 2.54. The van der Waals surface area contributed by atoms with Gasteiger partial charge in [-0.05, 0) is 12.3 Å². The van der Waals surface area contributed by atoms with Gasteiger partial charge in [-0.3, -0.25) is 19.6 Å². The molecule has 0 unspecified atom stereocenters. The van der Waals surface area contributed by atoms with E-state index in [1.54, 1.807) is 7.11 Å². The van der Waals surface area contributed by atoms with Gasteiger partial charge in [0.15, 0.2) is 0 Å². The van der Waals surface area contributed by atoms with Crippen LogP contribution < -0.4 is 16.1 Å². The fourth-order valence-electron chi connectivity index (χ4n) is 2.00. The Morgan fingerprint density at radius 1 is 1.04 bits per heavy atom. The summed E-state index contributed by atoms with van der Waals surface area (Å²) < 4.78 is 10.0. The molecule has 0 saturated heterocycles. The second-order valence-electron chi connectivity index (χ2n) is 5.74. The molecule has 0 bridgehead atoms. The molecular weight excluding hydrogens is 318 g/mol. The maximum Gasteiger partial charge on any atom is 0.244 e. The van der Waals surface area contributed by atoms with Crippen molar-refractivity contribution in [3.63, 3.8) is 0 Å². The predicted octanol–water partition coefficient (Wildman–Crippen LogP) is -0.560. The average molecular weight is 347 g/mol. The molecule has 0 rings (SSSR count). The van der Waals surface area contributed by atoms with E-state index in [9.17, 15) is 14.4 Å². The Morgan fingerprint density at radius 3 is 2.33 bits per heavy atom. The van der Waals surface area contributed by atoms with Crippen molar-refractivity contribution in [2.45, 2.75) is 26.7 Å². The first kappa shape index (κ1) is 22.3. The first-order valence-corrected chi connectivity index (χ1v) is 7.94. The number of hydroxylamine groups is 1. The summed E-state index contributed by atoms with van der Waals surface area (Å²) >= 11 is 0. The van der Waals surface area contributed by atoms with Crippen LogP contribution in [0.3, 0.4) is 0 Å². The van der Waals surface area contributed by atoms with E-state index in [-0.39, 0.29) is 24.8 Å². The van der Waals surface area contributed by atoms with Crippen molar-refractivity contribution in [1.29, 1.82) is 0 Å². The summed E-state index contributed by atoms with van der Waals surface area (Å²) in [6, 6.07) is 0. The van der Waals surface area contributed by atoms with E-state index < -0.39 is 17.7 Å². The summed E-state index contributed by atoms with van der Waals surface area (Å²) in [7, 11) is 1.57. The molecule has 0 aliphatic carbocycles. The van der Waals surface area contributed by atoms with Crippen molar-refractivity contribution in [2.24, 2.45) is 11.8 Å². The second kappa shape index (κ2) is 13.7. The third kappa shape index (κ3) is 11.8. The number of hydrogen-bond donors (Lipinski definition) is 4. The second-order valence-corrected chi connectivity index (χ2v) is 5.74. The van der Waals surface area contributed by atoms with E-state index in [4.69, 9.17) is 14.7 Å². The fourth-order valence-corrected chi connectivity index (χ4v) is 2.00. The summed E-state index contributed by atoms with van der Waals surface area (Å²) in [5.41, 5.74) is 1.52. The smallest absolute Gasteiger partial charge is 0.244 e. The molecule has 0 spiro atoms. The summed E-state index contributed by atoms with van der Waals surface area (Å²) in [5.74, 6) is -1.76. The normalized spacial score (nSPS) is 11.9. The molecule has 4 N–H and O–H groups in total. The number of ether oxygens (including phenoxy) is 2. The van der Waals surface area contributed by atoms with Gasteiger partial charge in [-0.15, -0.1) is 0 Å². The number of amides is 3. The summed E-state index contributed by atoms with van der Waals surface area (Å²) in [6.45, 7) is 5.30. The lowest BCUT2D eigenvalue weighted by molar-refractivity contribution is -0.135.